The minimum atomic E-state index is -1.07. The lowest BCUT2D eigenvalue weighted by Gasteiger charge is -2.24. The first kappa shape index (κ1) is 21.4. The molecule has 0 heterocycles. The summed E-state index contributed by atoms with van der Waals surface area (Å²) in [6.45, 7) is 2.13. The molecule has 7 nitrogen and oxygen atoms in total. The molecule has 28 heavy (non-hydrogen) atoms. The van der Waals surface area contributed by atoms with E-state index in [-0.39, 0.29) is 12.6 Å². The third kappa shape index (κ3) is 6.35. The van der Waals surface area contributed by atoms with E-state index in [0.29, 0.717) is 24.5 Å². The second-order valence-electron chi connectivity index (χ2n) is 6.75. The Hall–Kier alpha value is -2.93. The molecule has 3 N–H and O–H groups in total. The van der Waals surface area contributed by atoms with Crippen LogP contribution in [0.1, 0.15) is 18.1 Å². The Kier molecular flexibility index (Phi) is 7.52. The van der Waals surface area contributed by atoms with Crippen LogP contribution in [0.15, 0.2) is 42.5 Å². The molecule has 0 bridgehead atoms. The number of amides is 2. The highest BCUT2D eigenvalue weighted by molar-refractivity contribution is 5.73. The molecule has 7 heteroatoms. The van der Waals surface area contributed by atoms with Gasteiger partial charge in [0, 0.05) is 19.5 Å². The van der Waals surface area contributed by atoms with Gasteiger partial charge < -0.3 is 30.0 Å². The molecule has 0 aliphatic rings. The van der Waals surface area contributed by atoms with Crippen LogP contribution in [-0.4, -0.2) is 44.6 Å². The van der Waals surface area contributed by atoms with Crippen LogP contribution in [0.2, 0.25) is 0 Å². The first-order valence-electron chi connectivity index (χ1n) is 8.95. The summed E-state index contributed by atoms with van der Waals surface area (Å²) < 4.78 is 15.6. The van der Waals surface area contributed by atoms with Crippen LogP contribution in [0.25, 0.3) is 0 Å². The molecular weight excluding hydrogens is 360 g/mol. The van der Waals surface area contributed by atoms with E-state index in [1.165, 1.54) is 0 Å². The summed E-state index contributed by atoms with van der Waals surface area (Å²) in [7, 11) is 4.74. The number of urea groups is 1. The van der Waals surface area contributed by atoms with Gasteiger partial charge in [-0.05, 0) is 42.3 Å². The van der Waals surface area contributed by atoms with Crippen molar-refractivity contribution in [1.29, 1.82) is 0 Å². The largest absolute Gasteiger partial charge is 0.497 e. The number of hydrogen-bond acceptors (Lipinski definition) is 5. The van der Waals surface area contributed by atoms with Gasteiger partial charge in [0.25, 0.3) is 0 Å². The minimum absolute atomic E-state index is 0.122. The van der Waals surface area contributed by atoms with Crippen molar-refractivity contribution in [2.24, 2.45) is 0 Å². The number of carbonyl (C=O) groups is 1. The van der Waals surface area contributed by atoms with E-state index < -0.39 is 5.60 Å². The molecule has 152 valence electrons. The fourth-order valence-electron chi connectivity index (χ4n) is 2.75. The van der Waals surface area contributed by atoms with Gasteiger partial charge in [0.1, 0.15) is 5.75 Å². The first-order valence-corrected chi connectivity index (χ1v) is 8.95. The third-order valence-corrected chi connectivity index (χ3v) is 4.27. The van der Waals surface area contributed by atoms with Crippen LogP contribution in [0.3, 0.4) is 0 Å². The zero-order valence-electron chi connectivity index (χ0n) is 16.7. The molecule has 0 saturated heterocycles. The van der Waals surface area contributed by atoms with E-state index in [1.807, 2.05) is 30.3 Å². The molecule has 2 aromatic carbocycles. The van der Waals surface area contributed by atoms with E-state index in [1.54, 1.807) is 40.4 Å². The Morgan fingerprint density at radius 3 is 2.18 bits per heavy atom. The maximum atomic E-state index is 12.1. The first-order chi connectivity index (χ1) is 13.4. The molecule has 0 fully saturated rings. The van der Waals surface area contributed by atoms with Crippen molar-refractivity contribution >= 4 is 6.03 Å². The zero-order valence-corrected chi connectivity index (χ0v) is 16.7. The van der Waals surface area contributed by atoms with E-state index >= 15 is 0 Å². The van der Waals surface area contributed by atoms with E-state index in [2.05, 4.69) is 10.6 Å². The van der Waals surface area contributed by atoms with Crippen molar-refractivity contribution in [3.63, 3.8) is 0 Å². The van der Waals surface area contributed by atoms with Gasteiger partial charge in [0.15, 0.2) is 11.5 Å². The Bertz CT molecular complexity index is 775. The summed E-state index contributed by atoms with van der Waals surface area (Å²) in [6.07, 6.45) is 0.410. The molecule has 0 aliphatic heterocycles. The summed E-state index contributed by atoms with van der Waals surface area (Å²) in [5.41, 5.74) is 0.756. The predicted octanol–water partition coefficient (Wildman–Crippen LogP) is 2.51. The standard InChI is InChI=1S/C21H28N2O5/c1-21(25,12-15-5-8-17(26-2)9-6-15)14-23-20(24)22-13-16-7-10-18(27-3)19(11-16)28-4/h5-11,25H,12-14H2,1-4H3,(H2,22,23,24)/t21-/m0/s1. The number of aliphatic hydroxyl groups is 1. The number of benzene rings is 2. The van der Waals surface area contributed by atoms with Crippen molar-refractivity contribution in [2.45, 2.75) is 25.5 Å². The van der Waals surface area contributed by atoms with Crippen LogP contribution in [0.4, 0.5) is 4.79 Å². The topological polar surface area (TPSA) is 89.1 Å². The average molecular weight is 388 g/mol. The van der Waals surface area contributed by atoms with E-state index in [9.17, 15) is 9.90 Å². The highest BCUT2D eigenvalue weighted by Crippen LogP contribution is 2.27. The number of hydrogen-bond donors (Lipinski definition) is 3. The van der Waals surface area contributed by atoms with Crippen LogP contribution >= 0.6 is 0 Å². The summed E-state index contributed by atoms with van der Waals surface area (Å²) in [4.78, 5) is 12.1. The monoisotopic (exact) mass is 388 g/mol. The van der Waals surface area contributed by atoms with Crippen molar-refractivity contribution in [3.05, 3.63) is 53.6 Å². The fourth-order valence-corrected chi connectivity index (χ4v) is 2.75. The summed E-state index contributed by atoms with van der Waals surface area (Å²) >= 11 is 0. The van der Waals surface area contributed by atoms with Gasteiger partial charge in [-0.1, -0.05) is 18.2 Å². The van der Waals surface area contributed by atoms with Gasteiger partial charge in [-0.2, -0.15) is 0 Å². The van der Waals surface area contributed by atoms with E-state index in [4.69, 9.17) is 14.2 Å². The van der Waals surface area contributed by atoms with Crippen molar-refractivity contribution in [3.8, 4) is 17.2 Å². The average Bonchev–Trinajstić information content (AvgIpc) is 2.70. The van der Waals surface area contributed by atoms with Crippen molar-refractivity contribution < 1.29 is 24.1 Å². The fraction of sp³-hybridized carbons (Fsp3) is 0.381. The SMILES string of the molecule is COc1ccc(C[C@](C)(O)CNC(=O)NCc2ccc(OC)c(OC)c2)cc1. The molecule has 2 amide bonds. The molecule has 2 aromatic rings. The van der Waals surface area contributed by atoms with Crippen molar-refractivity contribution in [2.75, 3.05) is 27.9 Å². The highest BCUT2D eigenvalue weighted by atomic mass is 16.5. The van der Waals surface area contributed by atoms with Crippen molar-refractivity contribution in [1.82, 2.24) is 10.6 Å². The Labute approximate surface area is 165 Å². The molecule has 1 atom stereocenters. The number of rotatable bonds is 9. The number of methoxy groups -OCH3 is 3. The molecule has 0 radical (unpaired) electrons. The lowest BCUT2D eigenvalue weighted by Crippen LogP contribution is -2.45. The summed E-state index contributed by atoms with van der Waals surface area (Å²) in [5, 5.41) is 16.0. The van der Waals surface area contributed by atoms with Gasteiger partial charge in [-0.25, -0.2) is 4.79 Å². The minimum Gasteiger partial charge on any atom is -0.497 e. The molecule has 2 rings (SSSR count). The van der Waals surface area contributed by atoms with Gasteiger partial charge in [0.05, 0.1) is 26.9 Å². The Balaban J connectivity index is 1.82. The summed E-state index contributed by atoms with van der Waals surface area (Å²) in [5.74, 6) is 1.99. The molecule has 0 aliphatic carbocycles. The second kappa shape index (κ2) is 9.85. The molecule has 0 aromatic heterocycles. The lowest BCUT2D eigenvalue weighted by atomic mass is 9.96. The third-order valence-electron chi connectivity index (χ3n) is 4.27. The molecule has 0 saturated carbocycles. The summed E-state index contributed by atoms with van der Waals surface area (Å²) in [6, 6.07) is 12.6. The molecule has 0 spiro atoms. The van der Waals surface area contributed by atoms with Gasteiger partial charge >= 0.3 is 6.03 Å². The maximum Gasteiger partial charge on any atom is 0.315 e. The van der Waals surface area contributed by atoms with Gasteiger partial charge in [-0.3, -0.25) is 0 Å². The quantitative estimate of drug-likeness (QED) is 0.614. The normalized spacial score (nSPS) is 12.6. The van der Waals surface area contributed by atoms with Gasteiger partial charge in [0.2, 0.25) is 0 Å². The Morgan fingerprint density at radius 1 is 0.929 bits per heavy atom. The van der Waals surface area contributed by atoms with Crippen LogP contribution in [0.5, 0.6) is 17.2 Å². The van der Waals surface area contributed by atoms with E-state index in [0.717, 1.165) is 16.9 Å². The number of carbonyl (C=O) groups excluding carboxylic acids is 1. The smallest absolute Gasteiger partial charge is 0.315 e. The predicted molar refractivity (Wildman–Crippen MR) is 107 cm³/mol. The maximum absolute atomic E-state index is 12.1. The molecular formula is C21H28N2O5. The highest BCUT2D eigenvalue weighted by Gasteiger charge is 2.22. The second-order valence-corrected chi connectivity index (χ2v) is 6.75. The van der Waals surface area contributed by atoms with Crippen LogP contribution in [0, 0.1) is 0 Å². The number of ether oxygens (including phenoxy) is 3. The number of nitrogens with one attached hydrogen (secondary N) is 2. The van der Waals surface area contributed by atoms with Crippen LogP contribution in [-0.2, 0) is 13.0 Å². The lowest BCUT2D eigenvalue weighted by molar-refractivity contribution is 0.0624. The van der Waals surface area contributed by atoms with Crippen LogP contribution < -0.4 is 24.8 Å². The Morgan fingerprint density at radius 2 is 1.57 bits per heavy atom. The zero-order chi connectivity index (χ0) is 20.6. The molecule has 0 unspecified atom stereocenters. The van der Waals surface area contributed by atoms with Gasteiger partial charge in [-0.15, -0.1) is 0 Å².